The summed E-state index contributed by atoms with van der Waals surface area (Å²) in [5.41, 5.74) is -0.877. The monoisotopic (exact) mass is 630 g/mol. The van der Waals surface area contributed by atoms with Crippen molar-refractivity contribution in [2.45, 2.75) is 84.4 Å². The number of amides is 2. The summed E-state index contributed by atoms with van der Waals surface area (Å²) in [6.45, 7) is 10.2. The number of carbonyl (C=O) groups is 3. The highest BCUT2D eigenvalue weighted by atomic mass is 19.4. The molecule has 4 rings (SSSR count). The van der Waals surface area contributed by atoms with Gasteiger partial charge < -0.3 is 24.4 Å². The van der Waals surface area contributed by atoms with E-state index in [4.69, 9.17) is 14.2 Å². The van der Waals surface area contributed by atoms with Crippen LogP contribution in [0.25, 0.3) is 5.69 Å². The van der Waals surface area contributed by atoms with Crippen molar-refractivity contribution < 1.29 is 41.8 Å². The Morgan fingerprint density at radius 2 is 1.60 bits per heavy atom. The number of nitrogens with zero attached hydrogens (tertiary/aromatic N) is 3. The molecule has 45 heavy (non-hydrogen) atoms. The topological polar surface area (TPSA) is 112 Å². The second kappa shape index (κ2) is 12.8. The summed E-state index contributed by atoms with van der Waals surface area (Å²) in [6.07, 6.45) is -5.43. The standard InChI is InChI=1S/C32H37F3N4O6/c1-30(2,3)44-27(40)18-24(36-29(42)45-31(4,5)6)28(41)38-15-14-20-16-23(12-13-25(20)38)43-19-21-17-26(32(33,34)35)39(37-21)22-10-8-7-9-11-22/h7-13,16-17,24H,14-15,18-19H2,1-6H3,(H,36,42). The molecule has 1 atom stereocenters. The molecule has 2 aromatic carbocycles. The van der Waals surface area contributed by atoms with Gasteiger partial charge in [-0.1, -0.05) is 18.2 Å². The average Bonchev–Trinajstić information content (AvgIpc) is 3.54. The summed E-state index contributed by atoms with van der Waals surface area (Å²) >= 11 is 0. The first-order chi connectivity index (χ1) is 20.9. The van der Waals surface area contributed by atoms with Gasteiger partial charge in [0.1, 0.15) is 41.0 Å². The van der Waals surface area contributed by atoms with E-state index < -0.39 is 53.5 Å². The van der Waals surface area contributed by atoms with Crippen LogP contribution < -0.4 is 15.0 Å². The number of nitrogens with one attached hydrogen (secondary N) is 1. The number of fused-ring (bicyclic) bond motifs is 1. The van der Waals surface area contributed by atoms with Gasteiger partial charge in [0.05, 0.1) is 12.1 Å². The Bertz CT molecular complexity index is 1510. The highest BCUT2D eigenvalue weighted by molar-refractivity contribution is 6.02. The highest BCUT2D eigenvalue weighted by Gasteiger charge is 2.37. The molecule has 2 amide bonds. The SMILES string of the molecule is CC(C)(C)OC(=O)CC(NC(=O)OC(C)(C)C)C(=O)N1CCc2cc(OCc3cc(C(F)(F)F)n(-c4ccccc4)n3)ccc21. The number of carbonyl (C=O) groups excluding carboxylic acids is 3. The maximum Gasteiger partial charge on any atom is 0.433 e. The van der Waals surface area contributed by atoms with E-state index in [0.29, 0.717) is 17.9 Å². The van der Waals surface area contributed by atoms with Crippen molar-refractivity contribution in [2.75, 3.05) is 11.4 Å². The fourth-order valence-corrected chi connectivity index (χ4v) is 4.71. The number of aromatic nitrogens is 2. The van der Waals surface area contributed by atoms with Gasteiger partial charge in [-0.3, -0.25) is 9.59 Å². The molecule has 3 aromatic rings. The Morgan fingerprint density at radius 3 is 2.22 bits per heavy atom. The van der Waals surface area contributed by atoms with Gasteiger partial charge in [0.15, 0.2) is 0 Å². The molecule has 0 saturated heterocycles. The molecular formula is C32H37F3N4O6. The lowest BCUT2D eigenvalue weighted by Gasteiger charge is -2.27. The van der Waals surface area contributed by atoms with Gasteiger partial charge in [0.2, 0.25) is 5.91 Å². The maximum atomic E-state index is 13.7. The summed E-state index contributed by atoms with van der Waals surface area (Å²) in [4.78, 5) is 40.3. The number of benzene rings is 2. The van der Waals surface area contributed by atoms with Crippen LogP contribution in [-0.2, 0) is 38.3 Å². The zero-order valence-corrected chi connectivity index (χ0v) is 26.0. The van der Waals surface area contributed by atoms with Crippen molar-refractivity contribution in [3.63, 3.8) is 0 Å². The maximum absolute atomic E-state index is 13.7. The van der Waals surface area contributed by atoms with E-state index in [1.807, 2.05) is 0 Å². The van der Waals surface area contributed by atoms with E-state index >= 15 is 0 Å². The van der Waals surface area contributed by atoms with E-state index in [1.54, 1.807) is 77.9 Å². The molecule has 1 N–H and O–H groups in total. The summed E-state index contributed by atoms with van der Waals surface area (Å²) in [6, 6.07) is 12.6. The van der Waals surface area contributed by atoms with Crippen LogP contribution in [0.15, 0.2) is 54.6 Å². The van der Waals surface area contributed by atoms with Crippen LogP contribution >= 0.6 is 0 Å². The number of anilines is 1. The predicted molar refractivity (Wildman–Crippen MR) is 159 cm³/mol. The molecule has 1 unspecified atom stereocenters. The van der Waals surface area contributed by atoms with Crippen molar-refractivity contribution in [3.8, 4) is 11.4 Å². The number of halogens is 3. The quantitative estimate of drug-likeness (QED) is 0.305. The molecule has 242 valence electrons. The molecule has 0 aliphatic carbocycles. The number of esters is 1. The molecule has 1 aliphatic rings. The molecule has 1 aromatic heterocycles. The minimum Gasteiger partial charge on any atom is -0.487 e. The minimum absolute atomic E-state index is 0.0849. The second-order valence-electron chi connectivity index (χ2n) is 12.6. The predicted octanol–water partition coefficient (Wildman–Crippen LogP) is 5.98. The minimum atomic E-state index is -4.62. The van der Waals surface area contributed by atoms with Gasteiger partial charge in [-0.05, 0) is 89.9 Å². The summed E-state index contributed by atoms with van der Waals surface area (Å²) in [5.74, 6) is -0.809. The number of ether oxygens (including phenoxy) is 3. The zero-order chi connectivity index (χ0) is 33.2. The molecule has 0 fully saturated rings. The third kappa shape index (κ3) is 8.99. The summed E-state index contributed by atoms with van der Waals surface area (Å²) in [5, 5.41) is 6.63. The molecule has 0 bridgehead atoms. The van der Waals surface area contributed by atoms with Gasteiger partial charge in [-0.2, -0.15) is 18.3 Å². The third-order valence-electron chi connectivity index (χ3n) is 6.43. The molecular weight excluding hydrogens is 593 g/mol. The number of alkyl halides is 3. The van der Waals surface area contributed by atoms with E-state index in [-0.39, 0.29) is 24.5 Å². The molecule has 0 saturated carbocycles. The molecule has 0 radical (unpaired) electrons. The van der Waals surface area contributed by atoms with Crippen LogP contribution in [0.1, 0.15) is 64.9 Å². The van der Waals surface area contributed by atoms with Gasteiger partial charge in [0.25, 0.3) is 0 Å². The van der Waals surface area contributed by atoms with Crippen molar-refractivity contribution in [1.29, 1.82) is 0 Å². The van der Waals surface area contributed by atoms with Gasteiger partial charge in [0, 0.05) is 12.2 Å². The van der Waals surface area contributed by atoms with E-state index in [9.17, 15) is 27.6 Å². The number of alkyl carbamates (subject to hydrolysis) is 1. The Labute approximate surface area is 259 Å². The fourth-order valence-electron chi connectivity index (χ4n) is 4.71. The van der Waals surface area contributed by atoms with Crippen LogP contribution in [0.3, 0.4) is 0 Å². The first kappa shape index (κ1) is 33.3. The Kier molecular flexibility index (Phi) is 9.50. The van der Waals surface area contributed by atoms with Gasteiger partial charge >= 0.3 is 18.2 Å². The largest absolute Gasteiger partial charge is 0.487 e. The number of rotatable bonds is 8. The lowest BCUT2D eigenvalue weighted by molar-refractivity contribution is -0.156. The number of hydrogen-bond donors (Lipinski definition) is 1. The van der Waals surface area contributed by atoms with Crippen LogP contribution in [0.4, 0.5) is 23.7 Å². The second-order valence-corrected chi connectivity index (χ2v) is 12.6. The highest BCUT2D eigenvalue weighted by Crippen LogP contribution is 2.34. The number of para-hydroxylation sites is 1. The van der Waals surface area contributed by atoms with Crippen LogP contribution in [0.2, 0.25) is 0 Å². The van der Waals surface area contributed by atoms with Gasteiger partial charge in [-0.25, -0.2) is 9.48 Å². The Hall–Kier alpha value is -4.55. The molecule has 1 aliphatic heterocycles. The molecule has 10 nitrogen and oxygen atoms in total. The van der Waals surface area contributed by atoms with Crippen molar-refractivity contribution in [1.82, 2.24) is 15.1 Å². The van der Waals surface area contributed by atoms with Crippen LogP contribution in [0.5, 0.6) is 5.75 Å². The lowest BCUT2D eigenvalue weighted by atomic mass is 10.1. The van der Waals surface area contributed by atoms with Crippen LogP contribution in [-0.4, -0.2) is 51.5 Å². The smallest absolute Gasteiger partial charge is 0.433 e. The summed E-state index contributed by atoms with van der Waals surface area (Å²) < 4.78 is 58.5. The molecule has 0 spiro atoms. The Morgan fingerprint density at radius 1 is 0.933 bits per heavy atom. The summed E-state index contributed by atoms with van der Waals surface area (Å²) in [7, 11) is 0. The average molecular weight is 631 g/mol. The van der Waals surface area contributed by atoms with E-state index in [1.165, 1.54) is 17.0 Å². The normalized spacial score (nSPS) is 14.0. The van der Waals surface area contributed by atoms with Crippen LogP contribution in [0, 0.1) is 0 Å². The first-order valence-corrected chi connectivity index (χ1v) is 14.4. The van der Waals surface area contributed by atoms with E-state index in [0.717, 1.165) is 16.3 Å². The zero-order valence-electron chi connectivity index (χ0n) is 26.0. The van der Waals surface area contributed by atoms with Crippen molar-refractivity contribution >= 4 is 23.7 Å². The van der Waals surface area contributed by atoms with Gasteiger partial charge in [-0.15, -0.1) is 0 Å². The molecule has 2 heterocycles. The third-order valence-corrected chi connectivity index (χ3v) is 6.43. The van der Waals surface area contributed by atoms with Crippen molar-refractivity contribution in [2.24, 2.45) is 0 Å². The first-order valence-electron chi connectivity index (χ1n) is 14.4. The molecule has 13 heteroatoms. The lowest BCUT2D eigenvalue weighted by Crippen LogP contribution is -2.50. The van der Waals surface area contributed by atoms with Crippen molar-refractivity contribution in [3.05, 3.63) is 71.5 Å². The fraction of sp³-hybridized carbons (Fsp3) is 0.438. The Balaban J connectivity index is 1.49. The number of hydrogen-bond acceptors (Lipinski definition) is 7. The van der Waals surface area contributed by atoms with E-state index in [2.05, 4.69) is 10.4 Å².